The van der Waals surface area contributed by atoms with Gasteiger partial charge in [0, 0.05) is 26.1 Å². The molecule has 0 fully saturated rings. The molecular weight excluding hydrogens is 200 g/mol. The van der Waals surface area contributed by atoms with Crippen LogP contribution in [-0.2, 0) is 6.42 Å². The van der Waals surface area contributed by atoms with Crippen molar-refractivity contribution in [1.82, 2.24) is 9.97 Å². The molecule has 0 spiro atoms. The maximum atomic E-state index is 5.76. The third-order valence-corrected chi connectivity index (χ3v) is 2.77. The van der Waals surface area contributed by atoms with E-state index in [1.54, 1.807) is 0 Å². The van der Waals surface area contributed by atoms with Gasteiger partial charge in [-0.05, 0) is 5.92 Å². The van der Waals surface area contributed by atoms with Crippen LogP contribution in [0.5, 0.6) is 0 Å². The molecule has 0 saturated heterocycles. The summed E-state index contributed by atoms with van der Waals surface area (Å²) in [5, 5.41) is 0. The van der Waals surface area contributed by atoms with E-state index in [1.165, 1.54) is 6.42 Å². The van der Waals surface area contributed by atoms with Gasteiger partial charge in [0.1, 0.15) is 17.5 Å². The molecule has 2 N–H and O–H groups in total. The number of hydrogen-bond acceptors (Lipinski definition) is 4. The van der Waals surface area contributed by atoms with E-state index in [-0.39, 0.29) is 0 Å². The molecule has 0 aliphatic heterocycles. The second kappa shape index (κ2) is 5.68. The Kier molecular flexibility index (Phi) is 4.52. The first-order valence-electron chi connectivity index (χ1n) is 5.91. The summed E-state index contributed by atoms with van der Waals surface area (Å²) >= 11 is 0. The van der Waals surface area contributed by atoms with Gasteiger partial charge in [0.2, 0.25) is 0 Å². The van der Waals surface area contributed by atoms with Crippen LogP contribution in [0.3, 0.4) is 0 Å². The molecule has 0 amide bonds. The highest BCUT2D eigenvalue weighted by molar-refractivity contribution is 5.46. The molecular formula is C12H22N4. The van der Waals surface area contributed by atoms with E-state index in [4.69, 9.17) is 5.73 Å². The Hall–Kier alpha value is -1.32. The quantitative estimate of drug-likeness (QED) is 0.829. The first-order valence-corrected chi connectivity index (χ1v) is 5.91. The van der Waals surface area contributed by atoms with Gasteiger partial charge in [0.15, 0.2) is 0 Å². The van der Waals surface area contributed by atoms with Crippen molar-refractivity contribution in [1.29, 1.82) is 0 Å². The number of nitrogens with zero attached hydrogens (tertiary/aromatic N) is 3. The van der Waals surface area contributed by atoms with Gasteiger partial charge in [-0.3, -0.25) is 0 Å². The lowest BCUT2D eigenvalue weighted by Gasteiger charge is -2.22. The zero-order valence-corrected chi connectivity index (χ0v) is 10.7. The third-order valence-electron chi connectivity index (χ3n) is 2.77. The second-order valence-electron chi connectivity index (χ2n) is 4.31. The summed E-state index contributed by atoms with van der Waals surface area (Å²) < 4.78 is 0. The van der Waals surface area contributed by atoms with Gasteiger partial charge < -0.3 is 10.6 Å². The highest BCUT2D eigenvalue weighted by atomic mass is 15.2. The Bertz CT molecular complexity index is 338. The molecule has 4 nitrogen and oxygen atoms in total. The van der Waals surface area contributed by atoms with Gasteiger partial charge in [0.05, 0.1) is 0 Å². The van der Waals surface area contributed by atoms with Crippen molar-refractivity contribution in [3.05, 3.63) is 11.9 Å². The van der Waals surface area contributed by atoms with Crippen LogP contribution in [-0.4, -0.2) is 23.6 Å². The summed E-state index contributed by atoms with van der Waals surface area (Å²) in [5.41, 5.74) is 5.76. The molecule has 1 atom stereocenters. The molecule has 1 aromatic rings. The molecule has 0 saturated carbocycles. The fourth-order valence-electron chi connectivity index (χ4n) is 1.55. The monoisotopic (exact) mass is 222 g/mol. The number of aryl methyl sites for hydroxylation is 1. The highest BCUT2D eigenvalue weighted by Gasteiger charge is 2.09. The van der Waals surface area contributed by atoms with E-state index in [2.05, 4.69) is 28.7 Å². The van der Waals surface area contributed by atoms with E-state index in [9.17, 15) is 0 Å². The topological polar surface area (TPSA) is 55.0 Å². The fourth-order valence-corrected chi connectivity index (χ4v) is 1.55. The lowest BCUT2D eigenvalue weighted by molar-refractivity contribution is 0.557. The molecule has 0 bridgehead atoms. The summed E-state index contributed by atoms with van der Waals surface area (Å²) in [4.78, 5) is 10.8. The van der Waals surface area contributed by atoms with E-state index in [0.717, 1.165) is 24.6 Å². The maximum Gasteiger partial charge on any atom is 0.134 e. The fraction of sp³-hybridized carbons (Fsp3) is 0.667. The number of nitrogens with two attached hydrogens (primary N) is 1. The number of aromatic nitrogens is 2. The number of nitrogen functional groups attached to an aromatic ring is 1. The van der Waals surface area contributed by atoms with E-state index >= 15 is 0 Å². The first-order chi connectivity index (χ1) is 7.56. The highest BCUT2D eigenvalue weighted by Crippen LogP contribution is 2.15. The van der Waals surface area contributed by atoms with Crippen molar-refractivity contribution >= 4 is 11.6 Å². The van der Waals surface area contributed by atoms with Crippen LogP contribution in [0.4, 0.5) is 11.6 Å². The Morgan fingerprint density at radius 2 is 2.06 bits per heavy atom. The summed E-state index contributed by atoms with van der Waals surface area (Å²) in [6.45, 7) is 7.47. The zero-order valence-electron chi connectivity index (χ0n) is 10.7. The molecule has 1 aromatic heterocycles. The van der Waals surface area contributed by atoms with Crippen molar-refractivity contribution in [2.75, 3.05) is 24.2 Å². The summed E-state index contributed by atoms with van der Waals surface area (Å²) in [5.74, 6) is 2.94. The van der Waals surface area contributed by atoms with Crippen LogP contribution in [0.1, 0.15) is 33.0 Å². The van der Waals surface area contributed by atoms with Crippen molar-refractivity contribution in [2.45, 2.75) is 33.6 Å². The van der Waals surface area contributed by atoms with Crippen LogP contribution in [0.15, 0.2) is 6.07 Å². The van der Waals surface area contributed by atoms with Crippen molar-refractivity contribution in [3.8, 4) is 0 Å². The predicted octanol–water partition coefficient (Wildman–Crippen LogP) is 2.10. The number of hydrogen-bond donors (Lipinski definition) is 1. The Morgan fingerprint density at radius 3 is 2.62 bits per heavy atom. The molecule has 90 valence electrons. The molecule has 0 aromatic carbocycles. The molecule has 16 heavy (non-hydrogen) atoms. The van der Waals surface area contributed by atoms with Crippen LogP contribution in [0.2, 0.25) is 0 Å². The largest absolute Gasteiger partial charge is 0.384 e. The van der Waals surface area contributed by atoms with Gasteiger partial charge in [-0.15, -0.1) is 0 Å². The molecule has 0 aliphatic rings. The minimum absolute atomic E-state index is 0.554. The van der Waals surface area contributed by atoms with Gasteiger partial charge in [-0.2, -0.15) is 0 Å². The Labute approximate surface area is 97.9 Å². The van der Waals surface area contributed by atoms with Crippen LogP contribution < -0.4 is 10.6 Å². The van der Waals surface area contributed by atoms with Gasteiger partial charge >= 0.3 is 0 Å². The number of rotatable bonds is 5. The smallest absolute Gasteiger partial charge is 0.134 e. The minimum atomic E-state index is 0.554. The van der Waals surface area contributed by atoms with Crippen molar-refractivity contribution in [3.63, 3.8) is 0 Å². The van der Waals surface area contributed by atoms with Crippen LogP contribution in [0.25, 0.3) is 0 Å². The summed E-state index contributed by atoms with van der Waals surface area (Å²) in [7, 11) is 2.05. The Balaban J connectivity index is 2.82. The average Bonchev–Trinajstić information content (AvgIpc) is 2.27. The van der Waals surface area contributed by atoms with Crippen LogP contribution in [0, 0.1) is 5.92 Å². The first kappa shape index (κ1) is 12.7. The normalized spacial score (nSPS) is 12.5. The molecule has 1 unspecified atom stereocenters. The lowest BCUT2D eigenvalue weighted by Crippen LogP contribution is -2.25. The zero-order chi connectivity index (χ0) is 12.1. The molecule has 0 radical (unpaired) electrons. The van der Waals surface area contributed by atoms with Gasteiger partial charge in [-0.25, -0.2) is 9.97 Å². The Morgan fingerprint density at radius 1 is 1.38 bits per heavy atom. The second-order valence-corrected chi connectivity index (χ2v) is 4.31. The van der Waals surface area contributed by atoms with Crippen molar-refractivity contribution < 1.29 is 0 Å². The van der Waals surface area contributed by atoms with Crippen molar-refractivity contribution in [2.24, 2.45) is 5.92 Å². The predicted molar refractivity (Wildman–Crippen MR) is 68.5 cm³/mol. The maximum absolute atomic E-state index is 5.76. The standard InChI is InChI=1S/C12H22N4/c1-5-9(3)8-16(4)12-7-10(13)14-11(6-2)15-12/h7,9H,5-6,8H2,1-4H3,(H2,13,14,15). The van der Waals surface area contributed by atoms with Gasteiger partial charge in [0.25, 0.3) is 0 Å². The van der Waals surface area contributed by atoms with E-state index in [0.29, 0.717) is 11.7 Å². The SMILES string of the molecule is CCc1nc(N)cc(N(C)CC(C)CC)n1. The van der Waals surface area contributed by atoms with Gasteiger partial charge in [-0.1, -0.05) is 27.2 Å². The molecule has 0 aliphatic carbocycles. The van der Waals surface area contributed by atoms with E-state index in [1.807, 2.05) is 20.0 Å². The number of anilines is 2. The molecule has 1 heterocycles. The average molecular weight is 222 g/mol. The summed E-state index contributed by atoms with van der Waals surface area (Å²) in [6, 6.07) is 1.83. The molecule has 4 heteroatoms. The summed E-state index contributed by atoms with van der Waals surface area (Å²) in [6.07, 6.45) is 1.99. The molecule has 1 rings (SSSR count). The third kappa shape index (κ3) is 3.36. The lowest BCUT2D eigenvalue weighted by atomic mass is 10.1. The van der Waals surface area contributed by atoms with E-state index < -0.39 is 0 Å². The van der Waals surface area contributed by atoms with Crippen LogP contribution >= 0.6 is 0 Å². The minimum Gasteiger partial charge on any atom is -0.384 e.